The molecular weight excluding hydrogens is 832 g/mol. The Bertz CT molecular complexity index is 1550. The third-order valence-electron chi connectivity index (χ3n) is 17.7. The summed E-state index contributed by atoms with van der Waals surface area (Å²) in [6.45, 7) is 7.03. The van der Waals surface area contributed by atoms with Crippen LogP contribution in [-0.4, -0.2) is 198 Å². The van der Waals surface area contributed by atoms with Crippen LogP contribution in [0.3, 0.4) is 0 Å². The normalized spacial score (nSPS) is 56.3. The van der Waals surface area contributed by atoms with E-state index in [1.807, 2.05) is 13.8 Å². The lowest BCUT2D eigenvalue weighted by molar-refractivity contribution is -0.370. The smallest absolute Gasteiger partial charge is 0.187 e. The molecule has 4 aliphatic heterocycles. The van der Waals surface area contributed by atoms with E-state index in [4.69, 9.17) is 33.2 Å². The highest BCUT2D eigenvalue weighted by Crippen LogP contribution is 2.71. The van der Waals surface area contributed by atoms with Crippen molar-refractivity contribution in [1.29, 1.82) is 0 Å². The Morgan fingerprint density at radius 1 is 0.714 bits per heavy atom. The number of rotatable bonds is 12. The summed E-state index contributed by atoms with van der Waals surface area (Å²) in [5, 5.41) is 128. The largest absolute Gasteiger partial charge is 0.394 e. The van der Waals surface area contributed by atoms with Gasteiger partial charge in [0, 0.05) is 23.7 Å². The van der Waals surface area contributed by atoms with Gasteiger partial charge in [0.05, 0.1) is 44.7 Å². The summed E-state index contributed by atoms with van der Waals surface area (Å²) in [6.07, 6.45) is -16.2. The molecule has 0 aromatic rings. The van der Waals surface area contributed by atoms with Crippen molar-refractivity contribution in [3.63, 3.8) is 0 Å². The number of hydrogen-bond donors (Lipinski definition) is 12. The van der Waals surface area contributed by atoms with Gasteiger partial charge in [0.25, 0.3) is 0 Å². The van der Waals surface area contributed by atoms with Crippen LogP contribution in [0.15, 0.2) is 0 Å². The zero-order valence-electron chi connectivity index (χ0n) is 36.8. The molecule has 0 aromatic heterocycles. The molecule has 4 heterocycles. The average molecular weight is 907 g/mol. The number of fused-ring (bicyclic) bond motifs is 7. The second kappa shape index (κ2) is 18.6. The number of ether oxygens (including phenoxy) is 7. The summed E-state index contributed by atoms with van der Waals surface area (Å²) >= 11 is 0. The predicted molar refractivity (Wildman–Crippen MR) is 214 cm³/mol. The Labute approximate surface area is 368 Å². The zero-order valence-corrected chi connectivity index (χ0v) is 36.8. The molecule has 8 aliphatic rings. The molecule has 1 unspecified atom stereocenters. The summed E-state index contributed by atoms with van der Waals surface area (Å²) in [5.74, 6) is -1.34. The van der Waals surface area contributed by atoms with Crippen molar-refractivity contribution >= 4 is 0 Å². The van der Waals surface area contributed by atoms with Gasteiger partial charge < -0.3 is 94.4 Å². The molecule has 0 radical (unpaired) electrons. The third kappa shape index (κ3) is 8.48. The summed E-state index contributed by atoms with van der Waals surface area (Å²) in [5.41, 5.74) is -0.737. The first kappa shape index (κ1) is 48.7. The first-order chi connectivity index (χ1) is 29.8. The Balaban J connectivity index is 1.03. The molecule has 4 saturated heterocycles. The minimum atomic E-state index is -1.82. The lowest BCUT2D eigenvalue weighted by Gasteiger charge is -2.63. The molecule has 364 valence electrons. The number of aliphatic hydroxyl groups excluding tert-OH is 11. The maximum atomic E-state index is 12.4. The molecular formula is C44H74O19. The molecule has 0 bridgehead atoms. The van der Waals surface area contributed by atoms with Crippen LogP contribution in [0, 0.1) is 52.3 Å². The van der Waals surface area contributed by atoms with Gasteiger partial charge in [-0.05, 0) is 86.4 Å². The van der Waals surface area contributed by atoms with Crippen molar-refractivity contribution in [3.8, 4) is 0 Å². The van der Waals surface area contributed by atoms with Gasteiger partial charge in [-0.2, -0.15) is 0 Å². The fraction of sp³-hybridized carbons (Fsp3) is 1.00. The van der Waals surface area contributed by atoms with E-state index in [9.17, 15) is 61.3 Å². The van der Waals surface area contributed by atoms with E-state index in [0.717, 1.165) is 25.7 Å². The van der Waals surface area contributed by atoms with E-state index < -0.39 is 117 Å². The van der Waals surface area contributed by atoms with Gasteiger partial charge in [0.2, 0.25) is 0 Å². The van der Waals surface area contributed by atoms with Gasteiger partial charge in [0.15, 0.2) is 24.7 Å². The molecule has 19 nitrogen and oxygen atoms in total. The number of aliphatic hydroxyl groups is 12. The summed E-state index contributed by atoms with van der Waals surface area (Å²) in [6, 6.07) is 0. The fourth-order valence-corrected chi connectivity index (χ4v) is 13.9. The second-order valence-electron chi connectivity index (χ2n) is 21.1. The van der Waals surface area contributed by atoms with Crippen LogP contribution < -0.4 is 0 Å². The third-order valence-corrected chi connectivity index (χ3v) is 17.7. The maximum Gasteiger partial charge on any atom is 0.187 e. The van der Waals surface area contributed by atoms with Gasteiger partial charge >= 0.3 is 0 Å². The van der Waals surface area contributed by atoms with E-state index in [-0.39, 0.29) is 66.8 Å². The molecule has 4 aliphatic carbocycles. The molecule has 8 fully saturated rings. The Kier molecular flexibility index (Phi) is 14.4. The van der Waals surface area contributed by atoms with Crippen LogP contribution in [0.25, 0.3) is 0 Å². The lowest BCUT2D eigenvalue weighted by atomic mass is 9.43. The van der Waals surface area contributed by atoms with Crippen molar-refractivity contribution < 1.29 is 94.4 Å². The topological polar surface area (TPSA) is 307 Å². The van der Waals surface area contributed by atoms with E-state index >= 15 is 0 Å². The molecule has 0 aromatic carbocycles. The molecule has 63 heavy (non-hydrogen) atoms. The van der Waals surface area contributed by atoms with Crippen LogP contribution in [0.4, 0.5) is 0 Å². The average Bonchev–Trinajstić information content (AvgIpc) is 3.70. The van der Waals surface area contributed by atoms with Gasteiger partial charge in [-0.3, -0.25) is 0 Å². The molecule has 19 heteroatoms. The Morgan fingerprint density at radius 2 is 1.38 bits per heavy atom. The first-order valence-electron chi connectivity index (χ1n) is 23.4. The van der Waals surface area contributed by atoms with Crippen molar-refractivity contribution in [2.75, 3.05) is 26.4 Å². The molecule has 12 N–H and O–H groups in total. The van der Waals surface area contributed by atoms with Gasteiger partial charge in [-0.1, -0.05) is 27.7 Å². The van der Waals surface area contributed by atoms with Crippen LogP contribution in [0.2, 0.25) is 0 Å². The molecule has 0 spiro atoms. The van der Waals surface area contributed by atoms with Crippen LogP contribution in [-0.2, 0) is 33.2 Å². The molecule has 0 amide bonds. The van der Waals surface area contributed by atoms with Gasteiger partial charge in [-0.25, -0.2) is 0 Å². The molecule has 27 atom stereocenters. The highest BCUT2D eigenvalue weighted by Gasteiger charge is 2.72. The summed E-state index contributed by atoms with van der Waals surface area (Å²) < 4.78 is 42.6. The number of hydrogen-bond acceptors (Lipinski definition) is 19. The first-order valence-corrected chi connectivity index (χ1v) is 23.4. The van der Waals surface area contributed by atoms with Crippen LogP contribution in [0.5, 0.6) is 0 Å². The van der Waals surface area contributed by atoms with Crippen LogP contribution >= 0.6 is 0 Å². The van der Waals surface area contributed by atoms with Gasteiger partial charge in [0.1, 0.15) is 67.1 Å². The van der Waals surface area contributed by atoms with Crippen LogP contribution in [0.1, 0.15) is 85.5 Å². The van der Waals surface area contributed by atoms with Crippen molar-refractivity contribution in [3.05, 3.63) is 0 Å². The quantitative estimate of drug-likeness (QED) is 0.0928. The van der Waals surface area contributed by atoms with Crippen molar-refractivity contribution in [2.45, 2.75) is 196 Å². The lowest BCUT2D eigenvalue weighted by Crippen LogP contribution is -2.66. The second-order valence-corrected chi connectivity index (χ2v) is 21.1. The summed E-state index contributed by atoms with van der Waals surface area (Å²) in [7, 11) is 0. The summed E-state index contributed by atoms with van der Waals surface area (Å²) in [4.78, 5) is 0. The van der Waals surface area contributed by atoms with Crippen molar-refractivity contribution in [1.82, 2.24) is 0 Å². The maximum absolute atomic E-state index is 12.4. The Hall–Kier alpha value is -0.760. The minimum absolute atomic E-state index is 0.0807. The Morgan fingerprint density at radius 3 is 2.08 bits per heavy atom. The van der Waals surface area contributed by atoms with E-state index in [0.29, 0.717) is 37.5 Å². The van der Waals surface area contributed by atoms with E-state index in [1.165, 1.54) is 0 Å². The highest BCUT2D eigenvalue weighted by molar-refractivity contribution is 5.18. The highest BCUT2D eigenvalue weighted by atomic mass is 16.7. The minimum Gasteiger partial charge on any atom is -0.394 e. The monoisotopic (exact) mass is 906 g/mol. The molecule has 4 saturated carbocycles. The van der Waals surface area contributed by atoms with Crippen molar-refractivity contribution in [2.24, 2.45) is 52.3 Å². The predicted octanol–water partition coefficient (Wildman–Crippen LogP) is -2.17. The zero-order chi connectivity index (χ0) is 45.5. The van der Waals surface area contributed by atoms with E-state index in [1.54, 1.807) is 0 Å². The fourth-order valence-electron chi connectivity index (χ4n) is 13.9. The van der Waals surface area contributed by atoms with E-state index in [2.05, 4.69) is 13.8 Å². The van der Waals surface area contributed by atoms with Gasteiger partial charge in [-0.15, -0.1) is 0 Å². The SMILES string of the molecule is C[C@@H](CC[C@@]1(O)O[C@H]2C[C@H]3[C@@H]4CC[C@@H]5C[C@@H](O)CC[C@]5(C)[C@H]4CC(O[C@@H]4O[C@H](CO)[C@H](O)[C@H](O[C@@H]5O[C@H](CO)[C@@H](O)[C@H](O)[C@H]5O)[C@H]4O)[C@]3(C)[C@H]2[C@@H]1C)CO[C@@H]1OC[C@@H](O)[C@H](O)[C@H]1O. The standard InChI is InChI=1S/C44H74O19/c1-18(16-57-39-35(53)31(49)25(48)17-58-39)7-10-44(56)19(2)30-26(63-44)12-24-22-6-5-20-11-21(47)8-9-42(20,3)23(22)13-29(43(24,30)4)61-41-37(55)38(33(51)28(15-46)60-41)62-40-36(54)34(52)32(50)27(14-45)59-40/h18-41,45-56H,5-17H2,1-4H3/t18-,19-,20+,21-,22+,23-,24-,25+,26-,27+,28+,29?,30-,31-,32+,33-,34-,35+,36+,37+,38-,39+,40-,41-,42-,43+,44+/m0/s1. The molecule has 8 rings (SSSR count).